The van der Waals surface area contributed by atoms with E-state index in [1.165, 1.54) is 17.7 Å². The minimum absolute atomic E-state index is 0.0391. The summed E-state index contributed by atoms with van der Waals surface area (Å²) in [6.07, 6.45) is 3.90. The van der Waals surface area contributed by atoms with Crippen molar-refractivity contribution >= 4 is 5.91 Å². The van der Waals surface area contributed by atoms with Gasteiger partial charge in [0.25, 0.3) is 5.91 Å². The largest absolute Gasteiger partial charge is 0.497 e. The van der Waals surface area contributed by atoms with Crippen LogP contribution in [0.3, 0.4) is 0 Å². The second-order valence-electron chi connectivity index (χ2n) is 7.42. The standard InChI is InChI=1S/C22H24FNO3/c1-26-20-11-16(12-21(13-20)27-2)22(25)24-18-7-8-19(24)10-15(9-18)14-3-5-17(23)6-4-14/h3-6,11-13,15,18-19H,7-10H2,1-2H3/t15-,18+,19-. The Morgan fingerprint density at radius 2 is 1.52 bits per heavy atom. The number of hydrogen-bond acceptors (Lipinski definition) is 3. The first-order valence-corrected chi connectivity index (χ1v) is 9.40. The summed E-state index contributed by atoms with van der Waals surface area (Å²) < 4.78 is 23.8. The first-order valence-electron chi connectivity index (χ1n) is 9.40. The van der Waals surface area contributed by atoms with E-state index in [0.29, 0.717) is 23.0 Å². The van der Waals surface area contributed by atoms with Crippen LogP contribution in [0.1, 0.15) is 47.5 Å². The Kier molecular flexibility index (Phi) is 4.77. The van der Waals surface area contributed by atoms with Crippen molar-refractivity contribution in [1.82, 2.24) is 4.90 Å². The third-order valence-electron chi connectivity index (χ3n) is 5.91. The Hall–Kier alpha value is -2.56. The van der Waals surface area contributed by atoms with Crippen molar-refractivity contribution < 1.29 is 18.7 Å². The molecule has 0 unspecified atom stereocenters. The van der Waals surface area contributed by atoms with Gasteiger partial charge in [-0.25, -0.2) is 4.39 Å². The van der Waals surface area contributed by atoms with E-state index in [1.807, 2.05) is 17.0 Å². The number of amides is 1. The number of rotatable bonds is 4. The average molecular weight is 369 g/mol. The lowest BCUT2D eigenvalue weighted by atomic mass is 9.85. The molecule has 5 heteroatoms. The quantitative estimate of drug-likeness (QED) is 0.802. The van der Waals surface area contributed by atoms with Gasteiger partial charge in [0.15, 0.2) is 0 Å². The summed E-state index contributed by atoms with van der Waals surface area (Å²) in [7, 11) is 3.17. The van der Waals surface area contributed by atoms with E-state index in [4.69, 9.17) is 9.47 Å². The van der Waals surface area contributed by atoms with Crippen molar-refractivity contribution in [2.75, 3.05) is 14.2 Å². The first kappa shape index (κ1) is 17.8. The van der Waals surface area contributed by atoms with Crippen molar-refractivity contribution in [1.29, 1.82) is 0 Å². The molecule has 2 aliphatic heterocycles. The van der Waals surface area contributed by atoms with Gasteiger partial charge in [-0.05, 0) is 61.4 Å². The second-order valence-corrected chi connectivity index (χ2v) is 7.42. The number of halogens is 1. The highest BCUT2D eigenvalue weighted by atomic mass is 19.1. The molecule has 2 aromatic rings. The third-order valence-corrected chi connectivity index (χ3v) is 5.91. The van der Waals surface area contributed by atoms with Crippen molar-refractivity contribution in [2.45, 2.75) is 43.7 Å². The van der Waals surface area contributed by atoms with Gasteiger partial charge < -0.3 is 14.4 Å². The molecule has 2 saturated heterocycles. The van der Waals surface area contributed by atoms with Crippen LogP contribution in [-0.4, -0.2) is 37.1 Å². The van der Waals surface area contributed by atoms with Crippen molar-refractivity contribution in [3.05, 3.63) is 59.4 Å². The first-order chi connectivity index (χ1) is 13.1. The van der Waals surface area contributed by atoms with E-state index in [0.717, 1.165) is 25.7 Å². The van der Waals surface area contributed by atoms with Gasteiger partial charge in [0.2, 0.25) is 0 Å². The number of benzene rings is 2. The summed E-state index contributed by atoms with van der Waals surface area (Å²) in [4.78, 5) is 15.3. The topological polar surface area (TPSA) is 38.8 Å². The lowest BCUT2D eigenvalue weighted by molar-refractivity contribution is 0.0570. The van der Waals surface area contributed by atoms with Crippen molar-refractivity contribution in [3.8, 4) is 11.5 Å². The summed E-state index contributed by atoms with van der Waals surface area (Å²) in [5.74, 6) is 1.45. The molecule has 4 nitrogen and oxygen atoms in total. The molecule has 142 valence electrons. The van der Waals surface area contributed by atoms with E-state index in [2.05, 4.69) is 0 Å². The van der Waals surface area contributed by atoms with E-state index in [-0.39, 0.29) is 23.8 Å². The Morgan fingerprint density at radius 3 is 2.04 bits per heavy atom. The van der Waals surface area contributed by atoms with Gasteiger partial charge in [0.05, 0.1) is 14.2 Å². The molecule has 0 aliphatic carbocycles. The fourth-order valence-electron chi connectivity index (χ4n) is 4.60. The number of methoxy groups -OCH3 is 2. The maximum absolute atomic E-state index is 13.2. The van der Waals surface area contributed by atoms with Crippen LogP contribution in [-0.2, 0) is 0 Å². The molecule has 0 aromatic heterocycles. The number of piperidine rings is 1. The molecule has 0 N–H and O–H groups in total. The van der Waals surface area contributed by atoms with Gasteiger partial charge in [-0.15, -0.1) is 0 Å². The van der Waals surface area contributed by atoms with Crippen LogP contribution < -0.4 is 9.47 Å². The molecule has 3 atom stereocenters. The van der Waals surface area contributed by atoms with Crippen LogP contribution >= 0.6 is 0 Å². The number of carbonyl (C=O) groups excluding carboxylic acids is 1. The SMILES string of the molecule is COc1cc(OC)cc(C(=O)N2[C@@H]3CC[C@H]2C[C@@H](c2ccc(F)cc2)C3)c1. The molecule has 0 saturated carbocycles. The number of nitrogens with zero attached hydrogens (tertiary/aromatic N) is 1. The van der Waals surface area contributed by atoms with Crippen molar-refractivity contribution in [3.63, 3.8) is 0 Å². The third kappa shape index (κ3) is 3.38. The van der Waals surface area contributed by atoms with Gasteiger partial charge in [0.1, 0.15) is 17.3 Å². The van der Waals surface area contributed by atoms with E-state index in [1.54, 1.807) is 32.4 Å². The van der Waals surface area contributed by atoms with Gasteiger partial charge in [-0.1, -0.05) is 12.1 Å². The molecule has 2 aromatic carbocycles. The highest BCUT2D eigenvalue weighted by Crippen LogP contribution is 2.44. The molecule has 2 aliphatic rings. The maximum Gasteiger partial charge on any atom is 0.254 e. The van der Waals surface area contributed by atoms with Crippen LogP contribution in [0.5, 0.6) is 11.5 Å². The highest BCUT2D eigenvalue weighted by molar-refractivity contribution is 5.95. The summed E-state index contributed by atoms with van der Waals surface area (Å²) in [5.41, 5.74) is 1.77. The molecule has 4 rings (SSSR count). The van der Waals surface area contributed by atoms with E-state index in [9.17, 15) is 9.18 Å². The van der Waals surface area contributed by atoms with Crippen LogP contribution in [0.4, 0.5) is 4.39 Å². The van der Waals surface area contributed by atoms with Crippen LogP contribution in [0.15, 0.2) is 42.5 Å². The van der Waals surface area contributed by atoms with E-state index < -0.39 is 0 Å². The Morgan fingerprint density at radius 1 is 0.963 bits per heavy atom. The number of hydrogen-bond donors (Lipinski definition) is 0. The molecule has 1 amide bonds. The molecule has 27 heavy (non-hydrogen) atoms. The average Bonchev–Trinajstić information content (AvgIpc) is 2.96. The summed E-state index contributed by atoms with van der Waals surface area (Å²) in [5, 5.41) is 0. The van der Waals surface area contributed by atoms with Crippen LogP contribution in [0, 0.1) is 5.82 Å². The zero-order chi connectivity index (χ0) is 19.0. The van der Waals surface area contributed by atoms with Gasteiger partial charge in [-0.2, -0.15) is 0 Å². The Balaban J connectivity index is 1.56. The number of fused-ring (bicyclic) bond motifs is 2. The fraction of sp³-hybridized carbons (Fsp3) is 0.409. The molecule has 2 heterocycles. The predicted octanol–water partition coefficient (Wildman–Crippen LogP) is 4.39. The molecule has 2 fully saturated rings. The molecular weight excluding hydrogens is 345 g/mol. The summed E-state index contributed by atoms with van der Waals surface area (Å²) in [6.45, 7) is 0. The summed E-state index contributed by atoms with van der Waals surface area (Å²) in [6, 6.07) is 12.6. The minimum Gasteiger partial charge on any atom is -0.497 e. The Bertz CT molecular complexity index is 800. The van der Waals surface area contributed by atoms with Gasteiger partial charge >= 0.3 is 0 Å². The number of carbonyl (C=O) groups is 1. The molecular formula is C22H24FNO3. The minimum atomic E-state index is -0.207. The molecule has 0 spiro atoms. The monoisotopic (exact) mass is 369 g/mol. The van der Waals surface area contributed by atoms with Gasteiger partial charge in [-0.3, -0.25) is 4.79 Å². The molecule has 2 bridgehead atoms. The maximum atomic E-state index is 13.2. The number of ether oxygens (including phenoxy) is 2. The smallest absolute Gasteiger partial charge is 0.254 e. The van der Waals surface area contributed by atoms with Crippen LogP contribution in [0.25, 0.3) is 0 Å². The summed E-state index contributed by atoms with van der Waals surface area (Å²) >= 11 is 0. The zero-order valence-corrected chi connectivity index (χ0v) is 15.7. The fourth-order valence-corrected chi connectivity index (χ4v) is 4.60. The Labute approximate surface area is 158 Å². The lowest BCUT2D eigenvalue weighted by Gasteiger charge is -2.39. The van der Waals surface area contributed by atoms with E-state index >= 15 is 0 Å². The van der Waals surface area contributed by atoms with Crippen LogP contribution in [0.2, 0.25) is 0 Å². The van der Waals surface area contributed by atoms with Gasteiger partial charge in [0, 0.05) is 23.7 Å². The second kappa shape index (κ2) is 7.22. The zero-order valence-electron chi connectivity index (χ0n) is 15.7. The predicted molar refractivity (Wildman–Crippen MR) is 101 cm³/mol. The lowest BCUT2D eigenvalue weighted by Crippen LogP contribution is -2.46. The molecule has 0 radical (unpaired) electrons. The highest BCUT2D eigenvalue weighted by Gasteiger charge is 2.43. The normalized spacial score (nSPS) is 24.0. The van der Waals surface area contributed by atoms with Crippen molar-refractivity contribution in [2.24, 2.45) is 0 Å².